The summed E-state index contributed by atoms with van der Waals surface area (Å²) in [4.78, 5) is 26.6. The van der Waals surface area contributed by atoms with E-state index in [1.165, 1.54) is 35.7 Å². The van der Waals surface area contributed by atoms with Crippen molar-refractivity contribution in [1.82, 2.24) is 9.62 Å². The molecule has 48 heavy (non-hydrogen) atoms. The van der Waals surface area contributed by atoms with Crippen molar-refractivity contribution >= 4 is 33.4 Å². The largest absolute Gasteiger partial charge is 0.453 e. The van der Waals surface area contributed by atoms with Crippen molar-refractivity contribution in [1.29, 1.82) is 0 Å². The average Bonchev–Trinajstić information content (AvgIpc) is 3.08. The second-order valence-electron chi connectivity index (χ2n) is 12.0. The molecule has 254 valence electrons. The molecular weight excluding hydrogens is 628 g/mol. The molecular formula is C37H44N4O6S. The predicted molar refractivity (Wildman–Crippen MR) is 188 cm³/mol. The van der Waals surface area contributed by atoms with Crippen LogP contribution in [0, 0.1) is 5.92 Å². The Labute approximate surface area is 283 Å². The topological polar surface area (TPSA) is 151 Å². The fourth-order valence-electron chi connectivity index (χ4n) is 5.57. The van der Waals surface area contributed by atoms with Crippen LogP contribution in [0.1, 0.15) is 42.9 Å². The molecule has 0 spiro atoms. The first-order chi connectivity index (χ1) is 23.0. The smallest absolute Gasteiger partial charge is 0.407 e. The minimum atomic E-state index is -3.97. The lowest BCUT2D eigenvalue weighted by Gasteiger charge is -2.31. The molecule has 0 saturated carbocycles. The van der Waals surface area contributed by atoms with Crippen LogP contribution >= 0.6 is 0 Å². The molecule has 0 aliphatic rings. The molecule has 4 aromatic carbocycles. The first kappa shape index (κ1) is 36.1. The molecule has 4 rings (SSSR count). The number of ether oxygens (including phenoxy) is 1. The number of alkyl carbamates (subject to hydrolysis) is 1. The minimum absolute atomic E-state index is 0.0930. The van der Waals surface area contributed by atoms with Gasteiger partial charge in [0.15, 0.2) is 0 Å². The van der Waals surface area contributed by atoms with Crippen LogP contribution in [-0.4, -0.2) is 62.2 Å². The highest BCUT2D eigenvalue weighted by Gasteiger charge is 2.34. The lowest BCUT2D eigenvalue weighted by atomic mass is 9.84. The Morgan fingerprint density at radius 1 is 0.875 bits per heavy atom. The van der Waals surface area contributed by atoms with Gasteiger partial charge in [-0.25, -0.2) is 13.2 Å². The number of carbonyl (C=O) groups is 2. The third kappa shape index (κ3) is 9.43. The molecule has 0 bridgehead atoms. The summed E-state index contributed by atoms with van der Waals surface area (Å²) in [6, 6.07) is 30.1. The number of methoxy groups -OCH3 is 1. The van der Waals surface area contributed by atoms with E-state index in [2.05, 4.69) is 10.6 Å². The van der Waals surface area contributed by atoms with Crippen molar-refractivity contribution in [3.05, 3.63) is 126 Å². The zero-order valence-electron chi connectivity index (χ0n) is 27.5. The SMILES string of the molecule is COC(=O)N[C@H](C(=O)Nc1cccc(C[C@@H](CO)N(CCC(C)C)S(=O)(=O)c2ccc(N)cc2)c1)C(c1ccccc1)c1ccccc1. The molecule has 0 aliphatic carbocycles. The number of aliphatic hydroxyl groups excluding tert-OH is 1. The molecule has 0 saturated heterocycles. The van der Waals surface area contributed by atoms with Gasteiger partial charge in [-0.3, -0.25) is 4.79 Å². The summed E-state index contributed by atoms with van der Waals surface area (Å²) in [5, 5.41) is 16.2. The zero-order valence-corrected chi connectivity index (χ0v) is 28.3. The number of anilines is 2. The molecule has 0 radical (unpaired) electrons. The zero-order chi connectivity index (χ0) is 34.7. The highest BCUT2D eigenvalue weighted by atomic mass is 32.2. The van der Waals surface area contributed by atoms with Gasteiger partial charge in [0.1, 0.15) is 6.04 Å². The van der Waals surface area contributed by atoms with E-state index in [0.717, 1.165) is 11.1 Å². The number of carbonyl (C=O) groups excluding carboxylic acids is 2. The van der Waals surface area contributed by atoms with E-state index >= 15 is 0 Å². The summed E-state index contributed by atoms with van der Waals surface area (Å²) < 4.78 is 33.9. The van der Waals surface area contributed by atoms with Gasteiger partial charge in [0.2, 0.25) is 15.9 Å². The molecule has 0 unspecified atom stereocenters. The highest BCUT2D eigenvalue weighted by molar-refractivity contribution is 7.89. The van der Waals surface area contributed by atoms with Crippen LogP contribution in [-0.2, 0) is 26.0 Å². The van der Waals surface area contributed by atoms with Gasteiger partial charge in [-0.2, -0.15) is 4.31 Å². The summed E-state index contributed by atoms with van der Waals surface area (Å²) in [7, 11) is -2.73. The third-order valence-corrected chi connectivity index (χ3v) is 10.1. The van der Waals surface area contributed by atoms with Crippen LogP contribution in [0.15, 0.2) is 114 Å². The van der Waals surface area contributed by atoms with Crippen molar-refractivity contribution in [2.24, 2.45) is 5.92 Å². The van der Waals surface area contributed by atoms with E-state index in [0.29, 0.717) is 23.4 Å². The number of amides is 2. The van der Waals surface area contributed by atoms with Crippen LogP contribution in [0.4, 0.5) is 16.2 Å². The maximum atomic E-state index is 14.0. The Morgan fingerprint density at radius 3 is 2.02 bits per heavy atom. The van der Waals surface area contributed by atoms with E-state index in [4.69, 9.17) is 10.5 Å². The first-order valence-electron chi connectivity index (χ1n) is 15.9. The van der Waals surface area contributed by atoms with Gasteiger partial charge in [-0.1, -0.05) is 86.6 Å². The standard InChI is InChI=1S/C37H44N4O6S/c1-26(2)21-22-41(48(45,46)33-19-17-30(38)18-20-33)32(25-42)24-27-11-10-16-31(23-27)39-36(43)35(40-37(44)47-3)34(28-12-6-4-7-13-28)29-14-8-5-9-15-29/h4-20,23,26,32,34-35,42H,21-22,24-25,38H2,1-3H3,(H,39,43)(H,40,44)/t32-,35-/m0/s1. The Morgan fingerprint density at radius 2 is 1.48 bits per heavy atom. The van der Waals surface area contributed by atoms with Gasteiger partial charge in [0, 0.05) is 23.8 Å². The number of rotatable bonds is 15. The number of sulfonamides is 1. The number of nitrogens with one attached hydrogen (secondary N) is 2. The van der Waals surface area contributed by atoms with Gasteiger partial charge < -0.3 is 26.2 Å². The number of nitrogens with zero attached hydrogens (tertiary/aromatic N) is 1. The van der Waals surface area contributed by atoms with Crippen molar-refractivity contribution in [3.63, 3.8) is 0 Å². The third-order valence-electron chi connectivity index (χ3n) is 8.09. The van der Waals surface area contributed by atoms with E-state index < -0.39 is 46.6 Å². The van der Waals surface area contributed by atoms with E-state index in [1.54, 1.807) is 18.2 Å². The van der Waals surface area contributed by atoms with Gasteiger partial charge in [0.25, 0.3) is 0 Å². The molecule has 0 aromatic heterocycles. The van der Waals surface area contributed by atoms with Crippen molar-refractivity contribution in [2.75, 3.05) is 31.3 Å². The molecule has 0 aliphatic heterocycles. The van der Waals surface area contributed by atoms with Gasteiger partial charge >= 0.3 is 6.09 Å². The molecule has 11 heteroatoms. The van der Waals surface area contributed by atoms with Crippen molar-refractivity contribution in [2.45, 2.75) is 49.6 Å². The molecule has 0 heterocycles. The number of hydrogen-bond donors (Lipinski definition) is 4. The summed E-state index contributed by atoms with van der Waals surface area (Å²) in [5.41, 5.74) is 9.04. The monoisotopic (exact) mass is 672 g/mol. The maximum absolute atomic E-state index is 14.0. The molecule has 2 atom stereocenters. The first-order valence-corrected chi connectivity index (χ1v) is 17.3. The lowest BCUT2D eigenvalue weighted by Crippen LogP contribution is -2.48. The lowest BCUT2D eigenvalue weighted by molar-refractivity contribution is -0.118. The second kappa shape index (κ2) is 16.9. The summed E-state index contributed by atoms with van der Waals surface area (Å²) >= 11 is 0. The molecule has 4 aromatic rings. The fourth-order valence-corrected chi connectivity index (χ4v) is 7.20. The van der Waals surface area contributed by atoms with Gasteiger partial charge in [-0.15, -0.1) is 0 Å². The second-order valence-corrected chi connectivity index (χ2v) is 13.9. The molecule has 0 fully saturated rings. The highest BCUT2D eigenvalue weighted by Crippen LogP contribution is 2.30. The van der Waals surface area contributed by atoms with Gasteiger partial charge in [0.05, 0.1) is 24.7 Å². The van der Waals surface area contributed by atoms with Crippen LogP contribution in [0.2, 0.25) is 0 Å². The Balaban J connectivity index is 1.63. The van der Waals surface area contributed by atoms with E-state index in [-0.39, 0.29) is 23.8 Å². The number of nitrogen functional groups attached to an aromatic ring is 1. The Bertz CT molecular complexity index is 1700. The van der Waals surface area contributed by atoms with E-state index in [1.807, 2.05) is 80.6 Å². The van der Waals surface area contributed by atoms with E-state index in [9.17, 15) is 23.1 Å². The normalized spacial score (nSPS) is 12.9. The number of nitrogens with two attached hydrogens (primary N) is 1. The van der Waals surface area contributed by atoms with Gasteiger partial charge in [-0.05, 0) is 71.8 Å². The van der Waals surface area contributed by atoms with Crippen molar-refractivity contribution in [3.8, 4) is 0 Å². The molecule has 10 nitrogen and oxygen atoms in total. The minimum Gasteiger partial charge on any atom is -0.453 e. The summed E-state index contributed by atoms with van der Waals surface area (Å²) in [5.74, 6) is -0.783. The summed E-state index contributed by atoms with van der Waals surface area (Å²) in [6.45, 7) is 3.82. The Hall–Kier alpha value is -4.71. The van der Waals surface area contributed by atoms with Crippen LogP contribution in [0.5, 0.6) is 0 Å². The number of aliphatic hydroxyl groups is 1. The Kier molecular flexibility index (Phi) is 12.7. The number of hydrogen-bond acceptors (Lipinski definition) is 7. The predicted octanol–water partition coefficient (Wildman–Crippen LogP) is 5.40. The molecule has 2 amide bonds. The molecule has 5 N–H and O–H groups in total. The summed E-state index contributed by atoms with van der Waals surface area (Å²) in [6.07, 6.45) is 0.0298. The average molecular weight is 673 g/mol. The quantitative estimate of drug-likeness (QED) is 0.123. The van der Waals surface area contributed by atoms with Crippen molar-refractivity contribution < 1.29 is 27.9 Å². The van der Waals surface area contributed by atoms with Crippen LogP contribution in [0.25, 0.3) is 0 Å². The maximum Gasteiger partial charge on any atom is 0.407 e. The van der Waals surface area contributed by atoms with Crippen LogP contribution in [0.3, 0.4) is 0 Å². The number of benzene rings is 4. The van der Waals surface area contributed by atoms with Crippen LogP contribution < -0.4 is 16.4 Å². The fraction of sp³-hybridized carbons (Fsp3) is 0.297.